The molecule has 0 N–H and O–H groups in total. The average molecular weight is 279 g/mol. The van der Waals surface area contributed by atoms with E-state index < -0.39 is 0 Å². The number of carbonyl (C=O) groups is 2. The molecule has 5 heteroatoms. The van der Waals surface area contributed by atoms with Crippen LogP contribution in [0.15, 0.2) is 18.2 Å². The quantitative estimate of drug-likeness (QED) is 0.611. The van der Waals surface area contributed by atoms with E-state index in [2.05, 4.69) is 0 Å². The van der Waals surface area contributed by atoms with Gasteiger partial charge in [0.05, 0.1) is 7.11 Å². The van der Waals surface area contributed by atoms with Crippen LogP contribution in [0.5, 0.6) is 11.5 Å². The summed E-state index contributed by atoms with van der Waals surface area (Å²) in [5, 5.41) is 0. The number of carbonyl (C=O) groups excluding carboxylic acids is 2. The molecule has 0 bridgehead atoms. The molecule has 110 valence electrons. The summed E-state index contributed by atoms with van der Waals surface area (Å²) in [5.74, 6) is 0.814. The van der Waals surface area contributed by atoms with Crippen molar-refractivity contribution in [1.29, 1.82) is 0 Å². The molecule has 1 amide bonds. The second-order valence-corrected chi connectivity index (χ2v) is 4.75. The number of hydrogen-bond donors (Lipinski definition) is 0. The number of likely N-dealkylation sites (N-methyl/N-ethyl adjacent to an activating group) is 1. The average Bonchev–Trinajstić information content (AvgIpc) is 2.38. The first-order chi connectivity index (χ1) is 9.35. The lowest BCUT2D eigenvalue weighted by molar-refractivity contribution is -0.132. The van der Waals surface area contributed by atoms with Gasteiger partial charge in [-0.05, 0) is 31.5 Å². The zero-order valence-electron chi connectivity index (χ0n) is 12.6. The lowest BCUT2D eigenvalue weighted by Gasteiger charge is -2.24. The van der Waals surface area contributed by atoms with Crippen LogP contribution in [-0.2, 0) is 16.0 Å². The van der Waals surface area contributed by atoms with Crippen LogP contribution in [-0.4, -0.2) is 37.0 Å². The first-order valence-corrected chi connectivity index (χ1v) is 6.44. The van der Waals surface area contributed by atoms with E-state index in [1.165, 1.54) is 13.8 Å². The fourth-order valence-corrected chi connectivity index (χ4v) is 1.86. The zero-order chi connectivity index (χ0) is 15.3. The second kappa shape index (κ2) is 6.93. The molecule has 5 nitrogen and oxygen atoms in total. The van der Waals surface area contributed by atoms with Gasteiger partial charge >= 0.3 is 5.97 Å². The lowest BCUT2D eigenvalue weighted by atomic mass is 10.0. The van der Waals surface area contributed by atoms with Crippen molar-refractivity contribution in [2.75, 3.05) is 14.2 Å². The fraction of sp³-hybridized carbons (Fsp3) is 0.467. The van der Waals surface area contributed by atoms with Crippen LogP contribution in [0.3, 0.4) is 0 Å². The Morgan fingerprint density at radius 2 is 1.95 bits per heavy atom. The standard InChI is InChI=1S/C15H21NO4/c1-10(16(4)11(2)17)8-13-9-14(19-5)6-7-15(13)20-12(3)18/h6-7,9-10H,8H2,1-5H3. The van der Waals surface area contributed by atoms with Crippen LogP contribution in [0.25, 0.3) is 0 Å². The van der Waals surface area contributed by atoms with Gasteiger partial charge in [-0.3, -0.25) is 9.59 Å². The molecule has 0 heterocycles. The number of benzene rings is 1. The monoisotopic (exact) mass is 279 g/mol. The molecule has 1 aromatic carbocycles. The van der Waals surface area contributed by atoms with Crippen molar-refractivity contribution in [3.8, 4) is 11.5 Å². The number of esters is 1. The Labute approximate surface area is 119 Å². The lowest BCUT2D eigenvalue weighted by Crippen LogP contribution is -2.34. The maximum Gasteiger partial charge on any atom is 0.308 e. The van der Waals surface area contributed by atoms with Crippen LogP contribution < -0.4 is 9.47 Å². The number of methoxy groups -OCH3 is 1. The molecule has 0 saturated carbocycles. The summed E-state index contributed by atoms with van der Waals surface area (Å²) in [4.78, 5) is 24.2. The van der Waals surface area contributed by atoms with Crippen molar-refractivity contribution in [3.63, 3.8) is 0 Å². The molecule has 0 saturated heterocycles. The summed E-state index contributed by atoms with van der Waals surface area (Å²) >= 11 is 0. The van der Waals surface area contributed by atoms with Gasteiger partial charge in [-0.1, -0.05) is 0 Å². The highest BCUT2D eigenvalue weighted by Crippen LogP contribution is 2.26. The van der Waals surface area contributed by atoms with Crippen LogP contribution in [0, 0.1) is 0 Å². The van der Waals surface area contributed by atoms with Crippen LogP contribution >= 0.6 is 0 Å². The van der Waals surface area contributed by atoms with E-state index >= 15 is 0 Å². The summed E-state index contributed by atoms with van der Waals surface area (Å²) in [5.41, 5.74) is 0.833. The van der Waals surface area contributed by atoms with Gasteiger partial charge in [0, 0.05) is 32.5 Å². The Balaban J connectivity index is 3.00. The maximum atomic E-state index is 11.4. The van der Waals surface area contributed by atoms with Gasteiger partial charge in [0.15, 0.2) is 0 Å². The molecular formula is C15H21NO4. The van der Waals surface area contributed by atoms with Crippen molar-refractivity contribution in [2.45, 2.75) is 33.2 Å². The number of nitrogens with zero attached hydrogens (tertiary/aromatic N) is 1. The summed E-state index contributed by atoms with van der Waals surface area (Å²) in [7, 11) is 3.33. The van der Waals surface area contributed by atoms with Gasteiger partial charge in [-0.2, -0.15) is 0 Å². The van der Waals surface area contributed by atoms with Crippen molar-refractivity contribution in [3.05, 3.63) is 23.8 Å². The smallest absolute Gasteiger partial charge is 0.308 e. The summed E-state index contributed by atoms with van der Waals surface area (Å²) in [6.45, 7) is 4.83. The Kier molecular flexibility index (Phi) is 5.55. The number of rotatable bonds is 5. The van der Waals surface area contributed by atoms with Crippen LogP contribution in [0.2, 0.25) is 0 Å². The van der Waals surface area contributed by atoms with Crippen LogP contribution in [0.4, 0.5) is 0 Å². The molecule has 1 rings (SSSR count). The fourth-order valence-electron chi connectivity index (χ4n) is 1.86. The van der Waals surface area contributed by atoms with Gasteiger partial charge in [0.1, 0.15) is 11.5 Å². The molecule has 0 aliphatic rings. The van der Waals surface area contributed by atoms with Crippen LogP contribution in [0.1, 0.15) is 26.3 Å². The van der Waals surface area contributed by atoms with Gasteiger partial charge in [0.2, 0.25) is 5.91 Å². The molecule has 0 radical (unpaired) electrons. The molecule has 1 atom stereocenters. The van der Waals surface area contributed by atoms with E-state index in [0.29, 0.717) is 17.9 Å². The second-order valence-electron chi connectivity index (χ2n) is 4.75. The molecule has 1 aromatic rings. The third-order valence-corrected chi connectivity index (χ3v) is 3.19. The number of hydrogen-bond acceptors (Lipinski definition) is 4. The topological polar surface area (TPSA) is 55.8 Å². The third kappa shape index (κ3) is 4.26. The highest BCUT2D eigenvalue weighted by molar-refractivity contribution is 5.73. The molecule has 0 aliphatic heterocycles. The largest absolute Gasteiger partial charge is 0.497 e. The van der Waals surface area contributed by atoms with Crippen molar-refractivity contribution in [2.24, 2.45) is 0 Å². The Bertz CT molecular complexity index is 499. The van der Waals surface area contributed by atoms with Gasteiger partial charge in [-0.15, -0.1) is 0 Å². The predicted molar refractivity (Wildman–Crippen MR) is 75.9 cm³/mol. The Morgan fingerprint density at radius 3 is 2.45 bits per heavy atom. The molecular weight excluding hydrogens is 258 g/mol. The predicted octanol–water partition coefficient (Wildman–Crippen LogP) is 2.03. The maximum absolute atomic E-state index is 11.4. The summed E-state index contributed by atoms with van der Waals surface area (Å²) in [6, 6.07) is 5.26. The minimum atomic E-state index is -0.371. The minimum Gasteiger partial charge on any atom is -0.497 e. The highest BCUT2D eigenvalue weighted by atomic mass is 16.5. The van der Waals surface area contributed by atoms with E-state index in [9.17, 15) is 9.59 Å². The normalized spacial score (nSPS) is 11.7. The minimum absolute atomic E-state index is 0.00516. The molecule has 1 unspecified atom stereocenters. The first-order valence-electron chi connectivity index (χ1n) is 6.44. The zero-order valence-corrected chi connectivity index (χ0v) is 12.6. The number of ether oxygens (including phenoxy) is 2. The first kappa shape index (κ1) is 16.0. The summed E-state index contributed by atoms with van der Waals surface area (Å²) < 4.78 is 10.4. The van der Waals surface area contributed by atoms with E-state index in [1.54, 1.807) is 31.2 Å². The van der Waals surface area contributed by atoms with E-state index in [1.807, 2.05) is 13.0 Å². The van der Waals surface area contributed by atoms with Crippen molar-refractivity contribution in [1.82, 2.24) is 4.90 Å². The van der Waals surface area contributed by atoms with Gasteiger partial charge in [-0.25, -0.2) is 0 Å². The van der Waals surface area contributed by atoms with E-state index in [0.717, 1.165) is 5.56 Å². The Morgan fingerprint density at radius 1 is 1.30 bits per heavy atom. The summed E-state index contributed by atoms with van der Waals surface area (Å²) in [6.07, 6.45) is 0.579. The molecule has 0 aliphatic carbocycles. The SMILES string of the molecule is COc1ccc(OC(C)=O)c(CC(C)N(C)C(C)=O)c1. The van der Waals surface area contributed by atoms with E-state index in [4.69, 9.17) is 9.47 Å². The number of amides is 1. The van der Waals surface area contributed by atoms with Gasteiger partial charge in [0.25, 0.3) is 0 Å². The molecule has 0 spiro atoms. The van der Waals surface area contributed by atoms with E-state index in [-0.39, 0.29) is 17.9 Å². The Hall–Kier alpha value is -2.04. The molecule has 0 fully saturated rings. The van der Waals surface area contributed by atoms with Gasteiger partial charge < -0.3 is 14.4 Å². The highest BCUT2D eigenvalue weighted by Gasteiger charge is 2.16. The third-order valence-electron chi connectivity index (χ3n) is 3.19. The molecule has 20 heavy (non-hydrogen) atoms. The van der Waals surface area contributed by atoms with Crippen molar-refractivity contribution < 1.29 is 19.1 Å². The molecule has 0 aromatic heterocycles. The van der Waals surface area contributed by atoms with Crippen molar-refractivity contribution >= 4 is 11.9 Å².